The van der Waals surface area contributed by atoms with Crippen LogP contribution in [0.2, 0.25) is 0 Å². The standard InChI is InChI=1S/C12H14N2OS/c1-12(2,3)16(15)14-9-11-6-4-5-10(7-11)8-13/h4-7,9H,1-3H3/b14-9+/t16-/m1/s1. The lowest BCUT2D eigenvalue weighted by atomic mass is 10.1. The molecule has 0 aliphatic carbocycles. The second-order valence-corrected chi connectivity index (χ2v) is 6.27. The first-order chi connectivity index (χ1) is 7.43. The number of nitriles is 1. The van der Waals surface area contributed by atoms with Gasteiger partial charge in [-0.3, -0.25) is 0 Å². The second kappa shape index (κ2) is 5.15. The van der Waals surface area contributed by atoms with Crippen molar-refractivity contribution in [3.05, 3.63) is 35.4 Å². The van der Waals surface area contributed by atoms with E-state index < -0.39 is 11.4 Å². The van der Waals surface area contributed by atoms with Crippen LogP contribution in [0, 0.1) is 11.3 Å². The summed E-state index contributed by atoms with van der Waals surface area (Å²) in [6, 6.07) is 9.08. The van der Waals surface area contributed by atoms with Crippen molar-refractivity contribution in [2.45, 2.75) is 25.5 Å². The Balaban J connectivity index is 2.81. The fourth-order valence-electron chi connectivity index (χ4n) is 0.955. The van der Waals surface area contributed by atoms with E-state index in [-0.39, 0.29) is 4.75 Å². The third-order valence-corrected chi connectivity index (χ3v) is 3.18. The van der Waals surface area contributed by atoms with Gasteiger partial charge in [-0.15, -0.1) is 0 Å². The molecule has 0 bridgehead atoms. The van der Waals surface area contributed by atoms with Crippen molar-refractivity contribution < 1.29 is 4.55 Å². The number of hydrogen-bond acceptors (Lipinski definition) is 3. The van der Waals surface area contributed by atoms with Crippen LogP contribution in [0.15, 0.2) is 28.7 Å². The summed E-state index contributed by atoms with van der Waals surface area (Å²) in [4.78, 5) is 0. The Morgan fingerprint density at radius 2 is 2.12 bits per heavy atom. The first-order valence-electron chi connectivity index (χ1n) is 4.90. The van der Waals surface area contributed by atoms with Crippen molar-refractivity contribution in [2.24, 2.45) is 4.40 Å². The molecule has 0 saturated heterocycles. The van der Waals surface area contributed by atoms with Crippen LogP contribution in [-0.2, 0) is 11.4 Å². The van der Waals surface area contributed by atoms with E-state index in [1.807, 2.05) is 32.9 Å². The molecule has 0 aliphatic heterocycles. The first-order valence-corrected chi connectivity index (χ1v) is 6.00. The van der Waals surface area contributed by atoms with Gasteiger partial charge in [0.1, 0.15) is 16.1 Å². The Kier molecular flexibility index (Phi) is 4.11. The lowest BCUT2D eigenvalue weighted by molar-refractivity contribution is 0.562. The summed E-state index contributed by atoms with van der Waals surface area (Å²) in [5.41, 5.74) is 1.36. The number of nitrogens with zero attached hydrogens (tertiary/aromatic N) is 2. The van der Waals surface area contributed by atoms with Crippen molar-refractivity contribution in [1.82, 2.24) is 0 Å². The molecule has 0 aromatic heterocycles. The summed E-state index contributed by atoms with van der Waals surface area (Å²) in [7, 11) is 0. The zero-order chi connectivity index (χ0) is 12.2. The van der Waals surface area contributed by atoms with E-state index in [1.54, 1.807) is 24.4 Å². The zero-order valence-electron chi connectivity index (χ0n) is 9.60. The molecule has 0 radical (unpaired) electrons. The summed E-state index contributed by atoms with van der Waals surface area (Å²) in [6.45, 7) is 5.60. The van der Waals surface area contributed by atoms with E-state index in [0.29, 0.717) is 5.56 Å². The van der Waals surface area contributed by atoms with Gasteiger partial charge in [0, 0.05) is 0 Å². The molecular formula is C12H14N2OS. The quantitative estimate of drug-likeness (QED) is 0.583. The minimum absolute atomic E-state index is 0.358. The highest BCUT2D eigenvalue weighted by atomic mass is 32.2. The van der Waals surface area contributed by atoms with E-state index in [4.69, 9.17) is 5.26 Å². The fourth-order valence-corrected chi connectivity index (χ4v) is 1.49. The molecule has 0 unspecified atom stereocenters. The van der Waals surface area contributed by atoms with Gasteiger partial charge < -0.3 is 4.55 Å². The lowest BCUT2D eigenvalue weighted by Gasteiger charge is -2.17. The summed E-state index contributed by atoms with van der Waals surface area (Å²) in [6.07, 6.45) is 1.54. The van der Waals surface area contributed by atoms with Gasteiger partial charge in [-0.1, -0.05) is 16.5 Å². The summed E-state index contributed by atoms with van der Waals surface area (Å²) in [5, 5.41) is 8.71. The van der Waals surface area contributed by atoms with Crippen molar-refractivity contribution in [3.63, 3.8) is 0 Å². The van der Waals surface area contributed by atoms with Crippen molar-refractivity contribution in [2.75, 3.05) is 0 Å². The average molecular weight is 234 g/mol. The number of benzene rings is 1. The Morgan fingerprint density at radius 1 is 1.44 bits per heavy atom. The molecule has 0 saturated carbocycles. The van der Waals surface area contributed by atoms with Crippen LogP contribution in [0.1, 0.15) is 31.9 Å². The Labute approximate surface area is 99.1 Å². The molecular weight excluding hydrogens is 220 g/mol. The van der Waals surface area contributed by atoms with Gasteiger partial charge in [0.05, 0.1) is 17.8 Å². The molecule has 0 fully saturated rings. The van der Waals surface area contributed by atoms with Gasteiger partial charge >= 0.3 is 0 Å². The van der Waals surface area contributed by atoms with Crippen LogP contribution in [0.25, 0.3) is 0 Å². The zero-order valence-corrected chi connectivity index (χ0v) is 10.4. The average Bonchev–Trinajstić information content (AvgIpc) is 2.25. The van der Waals surface area contributed by atoms with Gasteiger partial charge in [-0.05, 0) is 38.5 Å². The minimum atomic E-state index is -1.26. The highest BCUT2D eigenvalue weighted by Crippen LogP contribution is 2.16. The van der Waals surface area contributed by atoms with Gasteiger partial charge in [0.2, 0.25) is 0 Å². The van der Waals surface area contributed by atoms with Gasteiger partial charge in [0.25, 0.3) is 0 Å². The van der Waals surface area contributed by atoms with Gasteiger partial charge in [0.15, 0.2) is 0 Å². The molecule has 0 spiro atoms. The van der Waals surface area contributed by atoms with Gasteiger partial charge in [-0.2, -0.15) is 5.26 Å². The minimum Gasteiger partial charge on any atom is -0.591 e. The first kappa shape index (κ1) is 12.8. The highest BCUT2D eigenvalue weighted by molar-refractivity contribution is 7.91. The summed E-state index contributed by atoms with van der Waals surface area (Å²) in [5.74, 6) is 0. The maximum absolute atomic E-state index is 11.6. The fraction of sp³-hybridized carbons (Fsp3) is 0.333. The number of hydrogen-bond donors (Lipinski definition) is 0. The lowest BCUT2D eigenvalue weighted by Crippen LogP contribution is -2.25. The van der Waals surface area contributed by atoms with Crippen molar-refractivity contribution >= 4 is 17.6 Å². The molecule has 1 atom stereocenters. The maximum Gasteiger partial charge on any atom is 0.144 e. The number of rotatable bonds is 2. The molecule has 4 heteroatoms. The van der Waals surface area contributed by atoms with E-state index in [2.05, 4.69) is 4.40 Å². The molecule has 16 heavy (non-hydrogen) atoms. The summed E-state index contributed by atoms with van der Waals surface area (Å²) >= 11 is -1.26. The SMILES string of the molecule is CC(C)(C)[S@@+]([O-])/N=C/c1cccc(C#N)c1. The van der Waals surface area contributed by atoms with Crippen molar-refractivity contribution in [1.29, 1.82) is 5.26 Å². The molecule has 1 aromatic carbocycles. The maximum atomic E-state index is 11.6. The van der Waals surface area contributed by atoms with Crippen LogP contribution in [0.3, 0.4) is 0 Å². The molecule has 1 rings (SSSR count). The predicted octanol–water partition coefficient (Wildman–Crippen LogP) is 2.44. The monoisotopic (exact) mass is 234 g/mol. The largest absolute Gasteiger partial charge is 0.591 e. The third-order valence-electron chi connectivity index (χ3n) is 1.84. The molecule has 1 aromatic rings. The highest BCUT2D eigenvalue weighted by Gasteiger charge is 2.25. The third kappa shape index (κ3) is 3.69. The molecule has 3 nitrogen and oxygen atoms in total. The van der Waals surface area contributed by atoms with Crippen molar-refractivity contribution in [3.8, 4) is 6.07 Å². The molecule has 84 valence electrons. The van der Waals surface area contributed by atoms with Crippen LogP contribution in [-0.4, -0.2) is 15.5 Å². The molecule has 0 aliphatic rings. The van der Waals surface area contributed by atoms with E-state index in [1.165, 1.54) is 0 Å². The Morgan fingerprint density at radius 3 is 2.69 bits per heavy atom. The second-order valence-electron chi connectivity index (χ2n) is 4.33. The van der Waals surface area contributed by atoms with Crippen LogP contribution >= 0.6 is 0 Å². The van der Waals surface area contributed by atoms with E-state index in [9.17, 15) is 4.55 Å². The molecule has 0 amide bonds. The van der Waals surface area contributed by atoms with Gasteiger partial charge in [-0.25, -0.2) is 0 Å². The van der Waals surface area contributed by atoms with E-state index in [0.717, 1.165) is 5.56 Å². The molecule has 0 N–H and O–H groups in total. The Bertz CT molecular complexity index is 429. The Hall–Kier alpha value is -1.31. The predicted molar refractivity (Wildman–Crippen MR) is 66.6 cm³/mol. The topological polar surface area (TPSA) is 59.2 Å². The van der Waals surface area contributed by atoms with Crippen LogP contribution < -0.4 is 0 Å². The smallest absolute Gasteiger partial charge is 0.144 e. The van der Waals surface area contributed by atoms with Crippen LogP contribution in [0.4, 0.5) is 0 Å². The normalized spacial score (nSPS) is 13.7. The molecule has 0 heterocycles. The summed E-state index contributed by atoms with van der Waals surface area (Å²) < 4.78 is 15.3. The van der Waals surface area contributed by atoms with E-state index >= 15 is 0 Å². The van der Waals surface area contributed by atoms with Crippen LogP contribution in [0.5, 0.6) is 0 Å².